The molecular formula is C18H22N6O2. The third-order valence-corrected chi connectivity index (χ3v) is 3.60. The molecule has 0 amide bonds. The summed E-state index contributed by atoms with van der Waals surface area (Å²) < 4.78 is 15.0. The van der Waals surface area contributed by atoms with Crippen molar-refractivity contribution in [3.63, 3.8) is 0 Å². The summed E-state index contributed by atoms with van der Waals surface area (Å²) in [7, 11) is 0. The molecule has 26 heavy (non-hydrogen) atoms. The average molecular weight is 354 g/mol. The van der Waals surface area contributed by atoms with Gasteiger partial charge in [0.1, 0.15) is 6.61 Å². The van der Waals surface area contributed by atoms with Crippen molar-refractivity contribution in [1.82, 2.24) is 19.2 Å². The molecule has 0 atom stereocenters. The third-order valence-electron chi connectivity index (χ3n) is 3.60. The van der Waals surface area contributed by atoms with E-state index in [-0.39, 0.29) is 0 Å². The van der Waals surface area contributed by atoms with Crippen molar-refractivity contribution in [3.8, 4) is 11.5 Å². The number of imidazole rings is 2. The fourth-order valence-electron chi connectivity index (χ4n) is 2.40. The lowest BCUT2D eigenvalue weighted by Crippen LogP contribution is -2.07. The summed E-state index contributed by atoms with van der Waals surface area (Å²) in [5.41, 5.74) is 7.48. The van der Waals surface area contributed by atoms with E-state index in [2.05, 4.69) is 15.1 Å². The van der Waals surface area contributed by atoms with Gasteiger partial charge in [-0.3, -0.25) is 0 Å². The van der Waals surface area contributed by atoms with Crippen LogP contribution in [0.3, 0.4) is 0 Å². The van der Waals surface area contributed by atoms with Crippen LogP contribution in [0.1, 0.15) is 18.2 Å². The number of anilines is 1. The number of nitrogens with zero attached hydrogens (tertiary/aromatic N) is 5. The van der Waals surface area contributed by atoms with Crippen LogP contribution in [0.15, 0.2) is 48.2 Å². The van der Waals surface area contributed by atoms with Crippen LogP contribution in [-0.2, 0) is 6.54 Å². The molecule has 0 aliphatic heterocycles. The Morgan fingerprint density at radius 2 is 2.15 bits per heavy atom. The Morgan fingerprint density at radius 1 is 1.27 bits per heavy atom. The molecule has 3 aromatic rings. The fraction of sp³-hybridized carbons (Fsp3) is 0.278. The lowest BCUT2D eigenvalue weighted by Gasteiger charge is -2.12. The van der Waals surface area contributed by atoms with E-state index in [1.54, 1.807) is 24.9 Å². The molecule has 8 heteroatoms. The van der Waals surface area contributed by atoms with E-state index >= 15 is 0 Å². The predicted octanol–water partition coefficient (Wildman–Crippen LogP) is 2.33. The van der Waals surface area contributed by atoms with Gasteiger partial charge in [-0.25, -0.2) is 14.6 Å². The molecule has 0 spiro atoms. The van der Waals surface area contributed by atoms with Crippen molar-refractivity contribution < 1.29 is 9.47 Å². The summed E-state index contributed by atoms with van der Waals surface area (Å²) in [4.78, 5) is 8.13. The quantitative estimate of drug-likeness (QED) is 0.627. The third kappa shape index (κ3) is 4.41. The van der Waals surface area contributed by atoms with Crippen molar-refractivity contribution in [2.45, 2.75) is 20.4 Å². The second-order valence-electron chi connectivity index (χ2n) is 5.62. The molecule has 0 radical (unpaired) electrons. The first-order valence-corrected chi connectivity index (χ1v) is 8.37. The van der Waals surface area contributed by atoms with E-state index in [9.17, 15) is 0 Å². The van der Waals surface area contributed by atoms with Crippen LogP contribution in [0.2, 0.25) is 0 Å². The zero-order valence-corrected chi connectivity index (χ0v) is 14.9. The number of hydrogen-bond donors (Lipinski definition) is 1. The van der Waals surface area contributed by atoms with Gasteiger partial charge in [-0.2, -0.15) is 5.10 Å². The first-order valence-electron chi connectivity index (χ1n) is 8.37. The van der Waals surface area contributed by atoms with Crippen LogP contribution in [0.25, 0.3) is 0 Å². The van der Waals surface area contributed by atoms with Gasteiger partial charge in [0.05, 0.1) is 37.6 Å². The molecule has 8 nitrogen and oxygen atoms in total. The lowest BCUT2D eigenvalue weighted by molar-refractivity contribution is 0.266. The smallest absolute Gasteiger partial charge is 0.221 e. The molecule has 0 aliphatic carbocycles. The van der Waals surface area contributed by atoms with Crippen molar-refractivity contribution in [1.29, 1.82) is 0 Å². The first kappa shape index (κ1) is 17.5. The highest BCUT2D eigenvalue weighted by atomic mass is 16.5. The molecular weight excluding hydrogens is 332 g/mol. The number of benzene rings is 1. The van der Waals surface area contributed by atoms with Gasteiger partial charge >= 0.3 is 0 Å². The Hall–Kier alpha value is -3.29. The zero-order chi connectivity index (χ0) is 18.4. The summed E-state index contributed by atoms with van der Waals surface area (Å²) in [5.74, 6) is 1.72. The Labute approximate surface area is 151 Å². The van der Waals surface area contributed by atoms with Crippen LogP contribution in [-0.4, -0.2) is 38.6 Å². The topological polar surface area (TPSA) is 92.5 Å². The van der Waals surface area contributed by atoms with Crippen LogP contribution < -0.4 is 15.2 Å². The molecule has 2 heterocycles. The maximum atomic E-state index is 5.85. The first-order chi connectivity index (χ1) is 12.7. The molecule has 0 saturated heterocycles. The highest BCUT2D eigenvalue weighted by molar-refractivity contribution is 5.81. The molecule has 3 rings (SSSR count). The lowest BCUT2D eigenvalue weighted by atomic mass is 10.2. The van der Waals surface area contributed by atoms with Gasteiger partial charge < -0.3 is 19.8 Å². The number of nitrogen functional groups attached to an aromatic ring is 1. The van der Waals surface area contributed by atoms with Gasteiger partial charge in [0, 0.05) is 12.4 Å². The Morgan fingerprint density at radius 3 is 2.85 bits per heavy atom. The van der Waals surface area contributed by atoms with Crippen molar-refractivity contribution in [3.05, 3.63) is 54.4 Å². The molecule has 0 unspecified atom stereocenters. The number of hydrogen-bond acceptors (Lipinski definition) is 6. The molecule has 0 saturated carbocycles. The number of aromatic nitrogens is 4. The van der Waals surface area contributed by atoms with Gasteiger partial charge in [0.2, 0.25) is 5.95 Å². The summed E-state index contributed by atoms with van der Waals surface area (Å²) in [6, 6.07) is 5.68. The van der Waals surface area contributed by atoms with E-state index < -0.39 is 0 Å². The second kappa shape index (κ2) is 8.19. The number of nitrogens with two attached hydrogens (primary N) is 1. The number of aryl methyl sites for hydroxylation is 1. The maximum Gasteiger partial charge on any atom is 0.221 e. The van der Waals surface area contributed by atoms with Gasteiger partial charge in [0.15, 0.2) is 11.5 Å². The van der Waals surface area contributed by atoms with Gasteiger partial charge in [-0.1, -0.05) is 0 Å². The minimum atomic E-state index is 0.350. The Kier molecular flexibility index (Phi) is 5.52. The van der Waals surface area contributed by atoms with Crippen molar-refractivity contribution >= 4 is 12.2 Å². The molecule has 2 N–H and O–H groups in total. The van der Waals surface area contributed by atoms with Gasteiger partial charge in [-0.15, -0.1) is 0 Å². The monoisotopic (exact) mass is 354 g/mol. The minimum absolute atomic E-state index is 0.350. The largest absolute Gasteiger partial charge is 0.490 e. The van der Waals surface area contributed by atoms with E-state index in [0.29, 0.717) is 37.2 Å². The molecule has 1 aromatic carbocycles. The van der Waals surface area contributed by atoms with Crippen molar-refractivity contribution in [2.75, 3.05) is 18.9 Å². The van der Waals surface area contributed by atoms with E-state index in [0.717, 1.165) is 11.3 Å². The van der Waals surface area contributed by atoms with Gasteiger partial charge in [-0.05, 0) is 37.6 Å². The second-order valence-corrected chi connectivity index (χ2v) is 5.62. The van der Waals surface area contributed by atoms with Crippen LogP contribution in [0.4, 0.5) is 5.95 Å². The van der Waals surface area contributed by atoms with Gasteiger partial charge in [0.25, 0.3) is 0 Å². The van der Waals surface area contributed by atoms with Crippen LogP contribution in [0, 0.1) is 6.92 Å². The van der Waals surface area contributed by atoms with Crippen molar-refractivity contribution in [2.24, 2.45) is 5.10 Å². The number of ether oxygens (including phenoxy) is 2. The summed E-state index contributed by atoms with van der Waals surface area (Å²) in [6.45, 7) is 5.59. The SMILES string of the molecule is CCOc1cc(C=Nn2cc(C)nc2N)ccc1OCCn1ccnc1. The minimum Gasteiger partial charge on any atom is -0.490 e. The van der Waals surface area contributed by atoms with E-state index in [1.807, 2.05) is 42.8 Å². The van der Waals surface area contributed by atoms with E-state index in [1.165, 1.54) is 4.68 Å². The fourth-order valence-corrected chi connectivity index (χ4v) is 2.40. The molecule has 0 fully saturated rings. The standard InChI is InChI=1S/C18H22N6O2/c1-3-25-17-10-15(11-21-24-12-14(2)22-18(24)19)4-5-16(17)26-9-8-23-7-6-20-13-23/h4-7,10-13H,3,8-9H2,1-2H3,(H2,19,22). The summed E-state index contributed by atoms with van der Waals surface area (Å²) >= 11 is 0. The Bertz CT molecular complexity index is 870. The summed E-state index contributed by atoms with van der Waals surface area (Å²) in [5, 5.41) is 4.32. The highest BCUT2D eigenvalue weighted by Crippen LogP contribution is 2.28. The van der Waals surface area contributed by atoms with Crippen LogP contribution >= 0.6 is 0 Å². The Balaban J connectivity index is 1.70. The van der Waals surface area contributed by atoms with E-state index in [4.69, 9.17) is 15.2 Å². The predicted molar refractivity (Wildman–Crippen MR) is 99.7 cm³/mol. The van der Waals surface area contributed by atoms with Crippen LogP contribution in [0.5, 0.6) is 11.5 Å². The molecule has 2 aromatic heterocycles. The zero-order valence-electron chi connectivity index (χ0n) is 14.9. The maximum absolute atomic E-state index is 5.85. The summed E-state index contributed by atoms with van der Waals surface area (Å²) in [6.07, 6.45) is 8.87. The molecule has 136 valence electrons. The molecule has 0 aliphatic rings. The molecule has 0 bridgehead atoms. The normalized spacial score (nSPS) is 11.2. The number of rotatable bonds is 8. The average Bonchev–Trinajstić information content (AvgIpc) is 3.24. The highest BCUT2D eigenvalue weighted by Gasteiger charge is 2.06.